The Hall–Kier alpha value is -2.68. The molecule has 21 heavy (non-hydrogen) atoms. The molecule has 0 aromatic heterocycles. The van der Waals surface area contributed by atoms with Crippen molar-refractivity contribution in [3.63, 3.8) is 0 Å². The van der Waals surface area contributed by atoms with Crippen LogP contribution >= 0.6 is 0 Å². The number of carboxylic acids is 1. The van der Waals surface area contributed by atoms with E-state index in [1.807, 2.05) is 48.5 Å². The molecule has 3 nitrogen and oxygen atoms in total. The number of allylic oxidation sites excluding steroid dienone is 1. The zero-order valence-corrected chi connectivity index (χ0v) is 11.5. The van der Waals surface area contributed by atoms with Gasteiger partial charge in [0.15, 0.2) is 5.78 Å². The van der Waals surface area contributed by atoms with Crippen LogP contribution in [-0.4, -0.2) is 16.9 Å². The summed E-state index contributed by atoms with van der Waals surface area (Å²) in [6, 6.07) is 18.3. The summed E-state index contributed by atoms with van der Waals surface area (Å²) in [5.74, 6) is -0.924. The largest absolute Gasteiger partial charge is 0.481 e. The van der Waals surface area contributed by atoms with Crippen LogP contribution in [0.4, 0.5) is 0 Å². The average Bonchev–Trinajstić information content (AvgIpc) is 2.52. The zero-order chi connectivity index (χ0) is 15.1. The topological polar surface area (TPSA) is 54.4 Å². The number of aliphatic carboxylic acids is 1. The molecule has 106 valence electrons. The highest BCUT2D eigenvalue weighted by Crippen LogP contribution is 2.19. The minimum Gasteiger partial charge on any atom is -0.481 e. The highest BCUT2D eigenvalue weighted by atomic mass is 16.4. The fraction of sp³-hybridized carbons (Fsp3) is 0.111. The smallest absolute Gasteiger partial charge is 0.307 e. The molecule has 0 aliphatic heterocycles. The van der Waals surface area contributed by atoms with Gasteiger partial charge in [-0.05, 0) is 11.1 Å². The average molecular weight is 280 g/mol. The second-order valence-corrected chi connectivity index (χ2v) is 4.66. The lowest BCUT2D eigenvalue weighted by atomic mass is 9.99. The van der Waals surface area contributed by atoms with Crippen molar-refractivity contribution in [2.45, 2.75) is 12.8 Å². The summed E-state index contributed by atoms with van der Waals surface area (Å²) in [5.41, 5.74) is 2.13. The molecule has 0 aliphatic carbocycles. The Balaban J connectivity index is 2.17. The summed E-state index contributed by atoms with van der Waals surface area (Å²) < 4.78 is 0. The molecule has 0 aliphatic rings. The molecule has 0 unspecified atom stereocenters. The monoisotopic (exact) mass is 280 g/mol. The number of rotatable bonds is 6. The van der Waals surface area contributed by atoms with Crippen LogP contribution < -0.4 is 0 Å². The van der Waals surface area contributed by atoms with Crippen molar-refractivity contribution in [2.24, 2.45) is 0 Å². The molecule has 0 atom stereocenters. The van der Waals surface area contributed by atoms with Gasteiger partial charge in [-0.25, -0.2) is 0 Å². The van der Waals surface area contributed by atoms with Crippen LogP contribution in [0.3, 0.4) is 0 Å². The highest BCUT2D eigenvalue weighted by molar-refractivity contribution is 5.98. The summed E-state index contributed by atoms with van der Waals surface area (Å²) in [4.78, 5) is 23.0. The zero-order valence-electron chi connectivity index (χ0n) is 11.5. The second-order valence-electron chi connectivity index (χ2n) is 4.66. The fourth-order valence-corrected chi connectivity index (χ4v) is 2.07. The molecule has 0 amide bonds. The number of benzene rings is 2. The van der Waals surface area contributed by atoms with E-state index in [1.54, 1.807) is 18.2 Å². The van der Waals surface area contributed by atoms with Crippen LogP contribution in [0.1, 0.15) is 28.8 Å². The molecule has 0 saturated heterocycles. The van der Waals surface area contributed by atoms with E-state index in [0.717, 1.165) is 5.56 Å². The molecular weight excluding hydrogens is 264 g/mol. The van der Waals surface area contributed by atoms with Crippen LogP contribution in [0.5, 0.6) is 0 Å². The van der Waals surface area contributed by atoms with Gasteiger partial charge in [0.25, 0.3) is 0 Å². The van der Waals surface area contributed by atoms with Crippen molar-refractivity contribution >= 4 is 17.3 Å². The van der Waals surface area contributed by atoms with E-state index in [2.05, 4.69) is 0 Å². The van der Waals surface area contributed by atoms with Gasteiger partial charge in [0.05, 0.1) is 6.42 Å². The predicted octanol–water partition coefficient (Wildman–Crippen LogP) is 3.82. The molecule has 0 heterocycles. The maximum absolute atomic E-state index is 12.1. The minimum atomic E-state index is -0.905. The van der Waals surface area contributed by atoms with Gasteiger partial charge in [0.2, 0.25) is 0 Å². The Bertz CT molecular complexity index is 643. The van der Waals surface area contributed by atoms with Crippen LogP contribution in [0.15, 0.2) is 66.7 Å². The van der Waals surface area contributed by atoms with Crippen LogP contribution in [-0.2, 0) is 4.79 Å². The van der Waals surface area contributed by atoms with Gasteiger partial charge in [-0.3, -0.25) is 9.59 Å². The summed E-state index contributed by atoms with van der Waals surface area (Å²) in [7, 11) is 0. The van der Waals surface area contributed by atoms with E-state index in [1.165, 1.54) is 0 Å². The summed E-state index contributed by atoms with van der Waals surface area (Å²) in [6.07, 6.45) is 1.81. The molecule has 0 radical (unpaired) electrons. The molecule has 0 bridgehead atoms. The lowest BCUT2D eigenvalue weighted by molar-refractivity contribution is -0.135. The molecule has 2 rings (SSSR count). The van der Waals surface area contributed by atoms with Crippen molar-refractivity contribution in [1.29, 1.82) is 0 Å². The summed E-state index contributed by atoms with van der Waals surface area (Å²) in [6.45, 7) is 0. The molecule has 0 saturated carbocycles. The number of carbonyl (C=O) groups excluding carboxylic acids is 1. The van der Waals surface area contributed by atoms with E-state index < -0.39 is 5.97 Å². The fourth-order valence-electron chi connectivity index (χ4n) is 2.07. The number of carbonyl (C=O) groups is 2. The van der Waals surface area contributed by atoms with Gasteiger partial charge < -0.3 is 5.11 Å². The number of ketones is 1. The maximum atomic E-state index is 12.1. The van der Waals surface area contributed by atoms with E-state index in [4.69, 9.17) is 5.11 Å². The molecule has 3 heteroatoms. The van der Waals surface area contributed by atoms with E-state index in [0.29, 0.717) is 11.1 Å². The lowest BCUT2D eigenvalue weighted by Gasteiger charge is -2.05. The van der Waals surface area contributed by atoms with Crippen LogP contribution in [0.25, 0.3) is 5.57 Å². The third-order valence-electron chi connectivity index (χ3n) is 3.12. The van der Waals surface area contributed by atoms with E-state index in [9.17, 15) is 9.59 Å². The van der Waals surface area contributed by atoms with Crippen molar-refractivity contribution in [2.75, 3.05) is 0 Å². The third-order valence-corrected chi connectivity index (χ3v) is 3.12. The van der Waals surface area contributed by atoms with Crippen molar-refractivity contribution < 1.29 is 14.7 Å². The van der Waals surface area contributed by atoms with E-state index >= 15 is 0 Å². The quantitative estimate of drug-likeness (QED) is 0.818. The summed E-state index contributed by atoms with van der Waals surface area (Å²) >= 11 is 0. The Morgan fingerprint density at radius 1 is 0.857 bits per heavy atom. The standard InChI is InChI=1S/C18H16O3/c19-17(15-9-5-2-6-10-15)12-11-16(13-18(20)21)14-7-3-1-4-8-14/h1-11H,12-13H2,(H,20,21)/b16-11-. The molecule has 0 spiro atoms. The number of Topliss-reactive ketones (excluding diaryl/α,β-unsaturated/α-hetero) is 1. The third kappa shape index (κ3) is 4.42. The predicted molar refractivity (Wildman–Crippen MR) is 82.1 cm³/mol. The summed E-state index contributed by atoms with van der Waals surface area (Å²) in [5, 5.41) is 9.00. The number of hydrogen-bond donors (Lipinski definition) is 1. The second kappa shape index (κ2) is 7.20. The van der Waals surface area contributed by atoms with Gasteiger partial charge in [-0.2, -0.15) is 0 Å². The number of carboxylic acid groups (broad SMARTS) is 1. The molecular formula is C18H16O3. The lowest BCUT2D eigenvalue weighted by Crippen LogP contribution is -2.00. The Morgan fingerprint density at radius 3 is 1.90 bits per heavy atom. The molecule has 2 aromatic carbocycles. The highest BCUT2D eigenvalue weighted by Gasteiger charge is 2.09. The van der Waals surface area contributed by atoms with Gasteiger partial charge >= 0.3 is 5.97 Å². The van der Waals surface area contributed by atoms with Crippen LogP contribution in [0.2, 0.25) is 0 Å². The minimum absolute atomic E-state index is 0.0191. The van der Waals surface area contributed by atoms with Gasteiger partial charge in [0, 0.05) is 12.0 Å². The van der Waals surface area contributed by atoms with E-state index in [-0.39, 0.29) is 18.6 Å². The Morgan fingerprint density at radius 2 is 1.38 bits per heavy atom. The van der Waals surface area contributed by atoms with Crippen LogP contribution in [0, 0.1) is 0 Å². The Labute approximate surface area is 123 Å². The normalized spacial score (nSPS) is 11.1. The first-order valence-corrected chi connectivity index (χ1v) is 6.71. The van der Waals surface area contributed by atoms with Crippen molar-refractivity contribution in [1.82, 2.24) is 0 Å². The molecule has 1 N–H and O–H groups in total. The van der Waals surface area contributed by atoms with Crippen molar-refractivity contribution in [3.8, 4) is 0 Å². The first kappa shape index (κ1) is 14.7. The first-order valence-electron chi connectivity index (χ1n) is 6.71. The number of hydrogen-bond acceptors (Lipinski definition) is 2. The van der Waals surface area contributed by atoms with Gasteiger partial charge in [-0.1, -0.05) is 66.7 Å². The Kier molecular flexibility index (Phi) is 5.04. The van der Waals surface area contributed by atoms with Crippen molar-refractivity contribution in [3.05, 3.63) is 77.9 Å². The van der Waals surface area contributed by atoms with Gasteiger partial charge in [0.1, 0.15) is 0 Å². The molecule has 0 fully saturated rings. The van der Waals surface area contributed by atoms with Gasteiger partial charge in [-0.15, -0.1) is 0 Å². The SMILES string of the molecule is O=C(O)C/C(=C/CC(=O)c1ccccc1)c1ccccc1. The molecule has 2 aromatic rings. The maximum Gasteiger partial charge on any atom is 0.307 e. The first-order chi connectivity index (χ1) is 10.2.